The third-order valence-corrected chi connectivity index (χ3v) is 9.45. The molecule has 5 heteroatoms. The molecule has 0 aliphatic carbocycles. The number of aryl methyl sites for hydroxylation is 4. The maximum absolute atomic E-state index is 5.43. The van der Waals surface area contributed by atoms with Gasteiger partial charge in [0.25, 0.3) is 0 Å². The normalized spacial score (nSPS) is 12.4. The molecule has 0 unspecified atom stereocenters. The summed E-state index contributed by atoms with van der Waals surface area (Å²) in [4.78, 5) is 21.6. The van der Waals surface area contributed by atoms with Crippen LogP contribution in [-0.2, 0) is 45.2 Å². The summed E-state index contributed by atoms with van der Waals surface area (Å²) in [6, 6.07) is 51.0. The van der Waals surface area contributed by atoms with Gasteiger partial charge >= 0.3 is 19.5 Å². The van der Waals surface area contributed by atoms with Crippen molar-refractivity contribution in [1.29, 1.82) is 0 Å². The van der Waals surface area contributed by atoms with Crippen molar-refractivity contribution >= 4 is 22.1 Å². The summed E-state index contributed by atoms with van der Waals surface area (Å²) in [5.41, 5.74) is 16.8. The molecule has 2 aliphatic heterocycles. The van der Waals surface area contributed by atoms with E-state index in [9.17, 15) is 0 Å². The quantitative estimate of drug-likeness (QED) is 0.174. The van der Waals surface area contributed by atoms with Crippen molar-refractivity contribution in [3.8, 4) is 44.5 Å². The molecule has 9 rings (SSSR count). The van der Waals surface area contributed by atoms with Crippen molar-refractivity contribution in [2.45, 2.75) is 25.7 Å². The Labute approximate surface area is 298 Å². The van der Waals surface area contributed by atoms with Crippen molar-refractivity contribution < 1.29 is 19.5 Å². The first kappa shape index (κ1) is 30.9. The van der Waals surface area contributed by atoms with Gasteiger partial charge in [0.2, 0.25) is 0 Å². The van der Waals surface area contributed by atoms with E-state index in [1.165, 1.54) is 0 Å². The smallest absolute Gasteiger partial charge is 0.657 e. The predicted octanol–water partition coefficient (Wildman–Crippen LogP) is 9.81. The standard InChI is InChI=1S/C44H32N4.Zn/c1-5-13-29(14-6-1)41-33-21-23-35(45-33)42(30-15-7-2-8-16-30)37-25-27-39(47-37)44(32-19-11-4-12-20-32)40-28-26-38(48-40)43(31-17-9-3-10-18-31)36-24-22-34(41)46-36;/h1-21,23,26,28H,22,24-25,27H2;/q-2;+2. The summed E-state index contributed by atoms with van der Waals surface area (Å²) < 4.78 is 0. The molecule has 4 nitrogen and oxygen atoms in total. The number of nitrogens with zero attached hydrogens (tertiary/aromatic N) is 4. The van der Waals surface area contributed by atoms with Gasteiger partial charge in [-0.05, 0) is 70.2 Å². The number of hydrogen-bond donors (Lipinski definition) is 0. The van der Waals surface area contributed by atoms with Crippen LogP contribution >= 0.6 is 0 Å². The summed E-state index contributed by atoms with van der Waals surface area (Å²) >= 11 is 0. The summed E-state index contributed by atoms with van der Waals surface area (Å²) in [7, 11) is 0. The molecule has 5 heterocycles. The SMILES string of the molecule is [Zn+2].c1ccc(-c2c3nc(c(-c4ccccc4)c4ccc([n-]4)c(-c4ccccc4)c4nc(c(-c5ccccc5)c5ccc2[n-]5)CC4)CC3)cc1. The maximum Gasteiger partial charge on any atom is 2.00 e. The van der Waals surface area contributed by atoms with Gasteiger partial charge in [-0.3, -0.25) is 9.97 Å². The molecule has 7 aromatic rings. The second-order valence-corrected chi connectivity index (χ2v) is 12.4. The molecular formula is C44H32N4Zn. The number of benzene rings is 4. The number of aromatic nitrogens is 4. The van der Waals surface area contributed by atoms with Crippen LogP contribution in [0.2, 0.25) is 0 Å². The van der Waals surface area contributed by atoms with Crippen LogP contribution < -0.4 is 9.97 Å². The molecule has 4 aromatic carbocycles. The van der Waals surface area contributed by atoms with E-state index in [2.05, 4.69) is 146 Å². The van der Waals surface area contributed by atoms with Crippen LogP contribution in [0.4, 0.5) is 0 Å². The van der Waals surface area contributed by atoms with Crippen LogP contribution in [0.25, 0.3) is 66.6 Å². The minimum Gasteiger partial charge on any atom is -0.657 e. The molecular weight excluding hydrogens is 650 g/mol. The molecule has 49 heavy (non-hydrogen) atoms. The second-order valence-electron chi connectivity index (χ2n) is 12.4. The molecule has 0 spiro atoms. The number of hydrogen-bond acceptors (Lipinski definition) is 2. The van der Waals surface area contributed by atoms with Crippen LogP contribution in [-0.4, -0.2) is 9.97 Å². The van der Waals surface area contributed by atoms with Gasteiger partial charge in [-0.15, -0.1) is 22.1 Å². The van der Waals surface area contributed by atoms with Crippen molar-refractivity contribution in [1.82, 2.24) is 19.9 Å². The van der Waals surface area contributed by atoms with E-state index in [1.807, 2.05) is 0 Å². The Morgan fingerprint density at radius 3 is 0.755 bits per heavy atom. The third kappa shape index (κ3) is 5.75. The molecule has 0 radical (unpaired) electrons. The van der Waals surface area contributed by atoms with Crippen LogP contribution in [0, 0.1) is 0 Å². The van der Waals surface area contributed by atoms with Crippen LogP contribution in [0.15, 0.2) is 146 Å². The van der Waals surface area contributed by atoms with Crippen LogP contribution in [0.5, 0.6) is 0 Å². The number of rotatable bonds is 4. The molecule has 0 atom stereocenters. The minimum absolute atomic E-state index is 0. The zero-order chi connectivity index (χ0) is 31.9. The van der Waals surface area contributed by atoms with E-state index < -0.39 is 0 Å². The zero-order valence-electron chi connectivity index (χ0n) is 27.2. The average Bonchev–Trinajstić information content (AvgIpc) is 3.98. The summed E-state index contributed by atoms with van der Waals surface area (Å²) in [5.74, 6) is 0. The van der Waals surface area contributed by atoms with Gasteiger partial charge in [-0.1, -0.05) is 146 Å². The monoisotopic (exact) mass is 680 g/mol. The first-order valence-corrected chi connectivity index (χ1v) is 16.7. The summed E-state index contributed by atoms with van der Waals surface area (Å²) in [6.07, 6.45) is 3.31. The molecule has 2 aliphatic rings. The molecule has 230 valence electrons. The average molecular weight is 682 g/mol. The maximum atomic E-state index is 5.43. The van der Waals surface area contributed by atoms with Crippen molar-refractivity contribution in [3.05, 3.63) is 168 Å². The fourth-order valence-corrected chi connectivity index (χ4v) is 7.30. The Hall–Kier alpha value is -5.38. The molecule has 3 aromatic heterocycles. The molecule has 0 saturated heterocycles. The van der Waals surface area contributed by atoms with E-state index in [4.69, 9.17) is 19.9 Å². The van der Waals surface area contributed by atoms with Gasteiger partial charge in [-0.2, -0.15) is 0 Å². The number of fused-ring (bicyclic) bond motifs is 8. The van der Waals surface area contributed by atoms with E-state index >= 15 is 0 Å². The van der Waals surface area contributed by atoms with Crippen molar-refractivity contribution in [3.63, 3.8) is 0 Å². The van der Waals surface area contributed by atoms with Gasteiger partial charge in [0, 0.05) is 22.8 Å². The van der Waals surface area contributed by atoms with Gasteiger partial charge in [0.1, 0.15) is 0 Å². The Bertz CT molecular complexity index is 2090. The summed E-state index contributed by atoms with van der Waals surface area (Å²) in [5, 5.41) is 0. The van der Waals surface area contributed by atoms with E-state index in [0.717, 1.165) is 115 Å². The van der Waals surface area contributed by atoms with E-state index in [1.54, 1.807) is 0 Å². The summed E-state index contributed by atoms with van der Waals surface area (Å²) in [6.45, 7) is 0. The molecule has 8 bridgehead atoms. The van der Waals surface area contributed by atoms with Crippen LogP contribution in [0.3, 0.4) is 0 Å². The predicted molar refractivity (Wildman–Crippen MR) is 195 cm³/mol. The van der Waals surface area contributed by atoms with E-state index in [-0.39, 0.29) is 19.5 Å². The van der Waals surface area contributed by atoms with Crippen molar-refractivity contribution in [2.24, 2.45) is 0 Å². The van der Waals surface area contributed by atoms with Gasteiger partial charge in [0.05, 0.1) is 0 Å². The van der Waals surface area contributed by atoms with Gasteiger partial charge in [0.15, 0.2) is 0 Å². The Balaban J connectivity index is 0.00000348. The molecule has 0 fully saturated rings. The van der Waals surface area contributed by atoms with Gasteiger partial charge in [-0.25, -0.2) is 0 Å². The second kappa shape index (κ2) is 13.3. The largest absolute Gasteiger partial charge is 2.00 e. The fraction of sp³-hybridized carbons (Fsp3) is 0.0909. The van der Waals surface area contributed by atoms with Crippen molar-refractivity contribution in [2.75, 3.05) is 0 Å². The van der Waals surface area contributed by atoms with E-state index in [0.29, 0.717) is 0 Å². The topological polar surface area (TPSA) is 54.0 Å². The first-order chi connectivity index (χ1) is 23.8. The van der Waals surface area contributed by atoms with Crippen LogP contribution in [0.1, 0.15) is 22.8 Å². The van der Waals surface area contributed by atoms with Gasteiger partial charge < -0.3 is 9.97 Å². The fourth-order valence-electron chi connectivity index (χ4n) is 7.30. The zero-order valence-corrected chi connectivity index (χ0v) is 30.1. The molecule has 0 saturated carbocycles. The third-order valence-electron chi connectivity index (χ3n) is 9.45. The Morgan fingerprint density at radius 2 is 0.531 bits per heavy atom. The molecule has 0 amide bonds. The molecule has 0 N–H and O–H groups in total. The minimum atomic E-state index is 0. The Morgan fingerprint density at radius 1 is 0.306 bits per heavy atom. The first-order valence-electron chi connectivity index (χ1n) is 16.7. The Kier molecular flexibility index (Phi) is 8.37.